The number of nitrogens with one attached hydrogen (secondary N) is 1. The fraction of sp³-hybridized carbons (Fsp3) is 0.588. The third kappa shape index (κ3) is 6.03. The second kappa shape index (κ2) is 9.43. The Balaban J connectivity index is 1.68. The summed E-state index contributed by atoms with van der Waals surface area (Å²) in [6.07, 6.45) is 2.70. The summed E-state index contributed by atoms with van der Waals surface area (Å²) in [5.74, 6) is 1.27. The van der Waals surface area contributed by atoms with Gasteiger partial charge in [0.1, 0.15) is 12.4 Å². The Labute approximate surface area is 131 Å². The third-order valence-electron chi connectivity index (χ3n) is 3.70. The molecule has 0 spiro atoms. The quantitative estimate of drug-likeness (QED) is 0.748. The number of carbonyl (C=O) groups is 1. The molecule has 22 heavy (non-hydrogen) atoms. The molecule has 1 aliphatic heterocycles. The standard InChI is InChI=1S/C17H25NO4/c1-20-9-10-22-16-6-4-14(5-7-16)12-18-17(19)11-15-3-2-8-21-13-15/h4-7,15H,2-3,8-13H2,1H3,(H,18,19). The van der Waals surface area contributed by atoms with Crippen LogP contribution in [0.2, 0.25) is 0 Å². The van der Waals surface area contributed by atoms with E-state index >= 15 is 0 Å². The van der Waals surface area contributed by atoms with Crippen molar-refractivity contribution in [3.8, 4) is 5.75 Å². The van der Waals surface area contributed by atoms with Crippen LogP contribution in [0.4, 0.5) is 0 Å². The molecule has 0 saturated carbocycles. The van der Waals surface area contributed by atoms with Crippen molar-refractivity contribution in [1.82, 2.24) is 5.32 Å². The van der Waals surface area contributed by atoms with E-state index in [2.05, 4.69) is 5.32 Å². The van der Waals surface area contributed by atoms with Crippen LogP contribution >= 0.6 is 0 Å². The minimum atomic E-state index is 0.0934. The maximum Gasteiger partial charge on any atom is 0.220 e. The summed E-state index contributed by atoms with van der Waals surface area (Å²) in [7, 11) is 1.65. The molecule has 1 aromatic rings. The van der Waals surface area contributed by atoms with Crippen molar-refractivity contribution in [3.63, 3.8) is 0 Å². The van der Waals surface area contributed by atoms with Crippen LogP contribution in [0.1, 0.15) is 24.8 Å². The average molecular weight is 307 g/mol. The first-order chi connectivity index (χ1) is 10.8. The highest BCUT2D eigenvalue weighted by atomic mass is 16.5. The molecular formula is C17H25NO4. The molecule has 122 valence electrons. The number of benzene rings is 1. The number of carbonyl (C=O) groups excluding carboxylic acids is 1. The summed E-state index contributed by atoms with van der Waals surface area (Å²) in [5.41, 5.74) is 1.06. The van der Waals surface area contributed by atoms with Gasteiger partial charge in [0, 0.05) is 33.3 Å². The minimum Gasteiger partial charge on any atom is -0.491 e. The summed E-state index contributed by atoms with van der Waals surface area (Å²) in [6, 6.07) is 7.75. The minimum absolute atomic E-state index is 0.0934. The summed E-state index contributed by atoms with van der Waals surface area (Å²) in [4.78, 5) is 11.9. The van der Waals surface area contributed by atoms with E-state index in [0.29, 0.717) is 38.7 Å². The smallest absolute Gasteiger partial charge is 0.220 e. The summed E-state index contributed by atoms with van der Waals surface area (Å²) in [5, 5.41) is 2.96. The zero-order valence-electron chi connectivity index (χ0n) is 13.2. The SMILES string of the molecule is COCCOc1ccc(CNC(=O)CC2CCCOC2)cc1. The molecule has 0 aromatic heterocycles. The first-order valence-corrected chi connectivity index (χ1v) is 7.83. The molecule has 1 aromatic carbocycles. The Morgan fingerprint density at radius 3 is 2.82 bits per heavy atom. The van der Waals surface area contributed by atoms with Crippen LogP contribution in [0.5, 0.6) is 5.75 Å². The van der Waals surface area contributed by atoms with Crippen LogP contribution < -0.4 is 10.1 Å². The van der Waals surface area contributed by atoms with Crippen LogP contribution in [0, 0.1) is 5.92 Å². The van der Waals surface area contributed by atoms with E-state index in [9.17, 15) is 4.79 Å². The molecule has 1 fully saturated rings. The van der Waals surface area contributed by atoms with Gasteiger partial charge in [-0.15, -0.1) is 0 Å². The van der Waals surface area contributed by atoms with E-state index in [-0.39, 0.29) is 5.91 Å². The van der Waals surface area contributed by atoms with Crippen LogP contribution in [0.25, 0.3) is 0 Å². The lowest BCUT2D eigenvalue weighted by Gasteiger charge is -2.21. The number of amides is 1. The molecule has 0 radical (unpaired) electrons. The van der Waals surface area contributed by atoms with Crippen molar-refractivity contribution in [1.29, 1.82) is 0 Å². The van der Waals surface area contributed by atoms with Gasteiger partial charge in [0.2, 0.25) is 5.91 Å². The second-order valence-electron chi connectivity index (χ2n) is 5.55. The maximum atomic E-state index is 11.9. The number of ether oxygens (including phenoxy) is 3. The maximum absolute atomic E-state index is 11.9. The van der Waals surface area contributed by atoms with E-state index in [0.717, 1.165) is 30.8 Å². The van der Waals surface area contributed by atoms with Crippen molar-refractivity contribution in [2.45, 2.75) is 25.8 Å². The zero-order chi connectivity index (χ0) is 15.6. The predicted octanol–water partition coefficient (Wildman–Crippen LogP) is 2.14. The highest BCUT2D eigenvalue weighted by molar-refractivity contribution is 5.76. The molecule has 5 heteroatoms. The van der Waals surface area contributed by atoms with Gasteiger partial charge in [-0.3, -0.25) is 4.79 Å². The van der Waals surface area contributed by atoms with Crippen molar-refractivity contribution < 1.29 is 19.0 Å². The second-order valence-corrected chi connectivity index (χ2v) is 5.55. The van der Waals surface area contributed by atoms with Gasteiger partial charge >= 0.3 is 0 Å². The largest absolute Gasteiger partial charge is 0.491 e. The fourth-order valence-corrected chi connectivity index (χ4v) is 2.45. The number of methoxy groups -OCH3 is 1. The highest BCUT2D eigenvalue weighted by Gasteiger charge is 2.17. The zero-order valence-corrected chi connectivity index (χ0v) is 13.2. The van der Waals surface area contributed by atoms with Crippen LogP contribution in [0.15, 0.2) is 24.3 Å². The topological polar surface area (TPSA) is 56.8 Å². The number of rotatable bonds is 8. The summed E-state index contributed by atoms with van der Waals surface area (Å²) < 4.78 is 15.8. The van der Waals surface area contributed by atoms with Crippen molar-refractivity contribution in [2.75, 3.05) is 33.5 Å². The molecule has 1 heterocycles. The Morgan fingerprint density at radius 2 is 2.14 bits per heavy atom. The molecule has 0 bridgehead atoms. The third-order valence-corrected chi connectivity index (χ3v) is 3.70. The Hall–Kier alpha value is -1.59. The van der Waals surface area contributed by atoms with Gasteiger partial charge in [0.25, 0.3) is 0 Å². The lowest BCUT2D eigenvalue weighted by molar-refractivity contribution is -0.123. The Kier molecular flexibility index (Phi) is 7.19. The first-order valence-electron chi connectivity index (χ1n) is 7.83. The van der Waals surface area contributed by atoms with Gasteiger partial charge < -0.3 is 19.5 Å². The van der Waals surface area contributed by atoms with Gasteiger partial charge in [0.15, 0.2) is 0 Å². The molecule has 0 aliphatic carbocycles. The van der Waals surface area contributed by atoms with Crippen molar-refractivity contribution in [3.05, 3.63) is 29.8 Å². The molecular weight excluding hydrogens is 282 g/mol. The van der Waals surface area contributed by atoms with Crippen molar-refractivity contribution in [2.24, 2.45) is 5.92 Å². The molecule has 5 nitrogen and oxygen atoms in total. The van der Waals surface area contributed by atoms with Crippen LogP contribution in [-0.4, -0.2) is 39.4 Å². The monoisotopic (exact) mass is 307 g/mol. The Morgan fingerprint density at radius 1 is 1.32 bits per heavy atom. The number of hydrogen-bond donors (Lipinski definition) is 1. The normalized spacial score (nSPS) is 18.0. The molecule has 1 atom stereocenters. The molecule has 1 saturated heterocycles. The lowest BCUT2D eigenvalue weighted by atomic mass is 9.98. The average Bonchev–Trinajstić information content (AvgIpc) is 2.55. The van der Waals surface area contributed by atoms with E-state index in [1.54, 1.807) is 7.11 Å². The van der Waals surface area contributed by atoms with Gasteiger partial charge in [-0.25, -0.2) is 0 Å². The van der Waals surface area contributed by atoms with Gasteiger partial charge in [-0.2, -0.15) is 0 Å². The van der Waals surface area contributed by atoms with Gasteiger partial charge in [0.05, 0.1) is 6.61 Å². The van der Waals surface area contributed by atoms with Crippen LogP contribution in [-0.2, 0) is 20.8 Å². The predicted molar refractivity (Wildman–Crippen MR) is 83.8 cm³/mol. The van der Waals surface area contributed by atoms with Gasteiger partial charge in [-0.1, -0.05) is 12.1 Å². The van der Waals surface area contributed by atoms with Crippen LogP contribution in [0.3, 0.4) is 0 Å². The Bertz CT molecular complexity index is 440. The van der Waals surface area contributed by atoms with Gasteiger partial charge in [-0.05, 0) is 36.5 Å². The molecule has 1 aliphatic rings. The first kappa shape index (κ1) is 16.8. The van der Waals surface area contributed by atoms with E-state index in [1.807, 2.05) is 24.3 Å². The molecule has 2 rings (SSSR count). The lowest BCUT2D eigenvalue weighted by Crippen LogP contribution is -2.28. The fourth-order valence-electron chi connectivity index (χ4n) is 2.45. The number of hydrogen-bond acceptors (Lipinski definition) is 4. The highest BCUT2D eigenvalue weighted by Crippen LogP contribution is 2.17. The van der Waals surface area contributed by atoms with E-state index in [1.165, 1.54) is 0 Å². The summed E-state index contributed by atoms with van der Waals surface area (Å²) in [6.45, 7) is 3.20. The summed E-state index contributed by atoms with van der Waals surface area (Å²) >= 11 is 0. The van der Waals surface area contributed by atoms with E-state index < -0.39 is 0 Å². The molecule has 1 N–H and O–H groups in total. The van der Waals surface area contributed by atoms with E-state index in [4.69, 9.17) is 14.2 Å². The molecule has 1 unspecified atom stereocenters. The molecule has 1 amide bonds. The van der Waals surface area contributed by atoms with Crippen molar-refractivity contribution >= 4 is 5.91 Å².